The Labute approximate surface area is 238 Å². The molecule has 10 rings (SSSR count). The molecule has 12 nitrogen and oxygen atoms in total. The summed E-state index contributed by atoms with van der Waals surface area (Å²) in [6.45, 7) is 0. The fourth-order valence-electron chi connectivity index (χ4n) is 9.94. The Morgan fingerprint density at radius 3 is 0.762 bits per heavy atom. The molecule has 6 bridgehead atoms. The highest BCUT2D eigenvalue weighted by atomic mass is 16.2. The third-order valence-corrected chi connectivity index (χ3v) is 11.6. The summed E-state index contributed by atoms with van der Waals surface area (Å²) in [5, 5.41) is 0. The topological polar surface area (TPSA) is 151 Å². The number of nitrogens with zero attached hydrogens (tertiary/aromatic N) is 6. The molecule has 0 aromatic carbocycles. The van der Waals surface area contributed by atoms with E-state index < -0.39 is 71.0 Å². The normalized spacial score (nSPS) is 44.7. The number of aromatic nitrogens is 3. The Balaban J connectivity index is 1.10. The van der Waals surface area contributed by atoms with E-state index in [9.17, 15) is 28.8 Å². The number of carbonyl (C=O) groups excluding carboxylic acids is 6. The Bertz CT molecular complexity index is 1420. The summed E-state index contributed by atoms with van der Waals surface area (Å²) in [7, 11) is 0. The molecule has 0 N–H and O–H groups in total. The predicted molar refractivity (Wildman–Crippen MR) is 140 cm³/mol. The highest BCUT2D eigenvalue weighted by Crippen LogP contribution is 2.56. The van der Waals surface area contributed by atoms with E-state index in [-0.39, 0.29) is 53.4 Å². The van der Waals surface area contributed by atoms with Crippen molar-refractivity contribution >= 4 is 53.3 Å². The van der Waals surface area contributed by atoms with Gasteiger partial charge in [-0.15, -0.1) is 0 Å². The summed E-state index contributed by atoms with van der Waals surface area (Å²) in [5.74, 6) is -7.43. The van der Waals surface area contributed by atoms with E-state index in [0.29, 0.717) is 0 Å². The van der Waals surface area contributed by atoms with Crippen LogP contribution in [0.3, 0.4) is 0 Å². The summed E-state index contributed by atoms with van der Waals surface area (Å²) < 4.78 is 0. The molecule has 4 heterocycles. The van der Waals surface area contributed by atoms with Crippen LogP contribution in [0.1, 0.15) is 19.3 Å². The molecule has 210 valence electrons. The van der Waals surface area contributed by atoms with Gasteiger partial charge in [0.15, 0.2) is 0 Å². The minimum Gasteiger partial charge on any atom is -0.274 e. The standard InChI is InChI=1S/C30H24N6O6/c37-22-16-10-1-2-11(7-10)17(16)23(38)34(22)28-31-29(35-24(39)18-12-3-4-13(8-12)19(18)25(35)40)33-30(32-28)36-26(41)20-14-5-6-15(9-14)21(20)27(36)42/h1-6,10-21H,7-9H2. The summed E-state index contributed by atoms with van der Waals surface area (Å²) in [5.41, 5.74) is 0. The highest BCUT2D eigenvalue weighted by Gasteiger charge is 2.64. The monoisotopic (exact) mass is 564 g/mol. The number of carbonyl (C=O) groups is 6. The van der Waals surface area contributed by atoms with Crippen molar-refractivity contribution in [1.29, 1.82) is 0 Å². The molecule has 9 aliphatic rings. The lowest BCUT2D eigenvalue weighted by atomic mass is 9.85. The van der Waals surface area contributed by atoms with Crippen molar-refractivity contribution in [2.24, 2.45) is 71.0 Å². The number of hydrogen-bond donors (Lipinski definition) is 0. The van der Waals surface area contributed by atoms with Gasteiger partial charge < -0.3 is 0 Å². The van der Waals surface area contributed by atoms with Crippen LogP contribution < -0.4 is 14.7 Å². The SMILES string of the molecule is O=C1C2C3C=CC(C3)C2C(=O)N1c1nc(N2C(=O)C3C4C=CC(C4)C3C2=O)nc(N2C(=O)C3C4C=CC(C4)C3C2=O)n1. The average molecular weight is 565 g/mol. The van der Waals surface area contributed by atoms with E-state index in [4.69, 9.17) is 0 Å². The van der Waals surface area contributed by atoms with E-state index in [2.05, 4.69) is 15.0 Å². The number of allylic oxidation sites excluding steroid dienone is 6. The van der Waals surface area contributed by atoms with E-state index in [0.717, 1.165) is 34.0 Å². The molecule has 42 heavy (non-hydrogen) atoms. The lowest BCUT2D eigenvalue weighted by molar-refractivity contribution is -0.124. The van der Waals surface area contributed by atoms with Crippen molar-refractivity contribution in [3.05, 3.63) is 36.5 Å². The Morgan fingerprint density at radius 2 is 0.571 bits per heavy atom. The first-order valence-electron chi connectivity index (χ1n) is 14.8. The number of fused-ring (bicyclic) bond motifs is 15. The molecular weight excluding hydrogens is 540 g/mol. The molecule has 6 aliphatic carbocycles. The van der Waals surface area contributed by atoms with Gasteiger partial charge in [0.2, 0.25) is 53.3 Å². The van der Waals surface area contributed by atoms with Crippen LogP contribution in [0.5, 0.6) is 0 Å². The van der Waals surface area contributed by atoms with Crippen LogP contribution in [0, 0.1) is 71.0 Å². The fourth-order valence-corrected chi connectivity index (χ4v) is 9.94. The van der Waals surface area contributed by atoms with Crippen LogP contribution in [-0.2, 0) is 28.8 Å². The zero-order chi connectivity index (χ0) is 28.3. The van der Waals surface area contributed by atoms with Crippen molar-refractivity contribution in [2.45, 2.75) is 19.3 Å². The van der Waals surface area contributed by atoms with Crippen LogP contribution in [0.4, 0.5) is 17.8 Å². The summed E-state index contributed by atoms with van der Waals surface area (Å²) in [6, 6.07) is 0. The maximum Gasteiger partial charge on any atom is 0.245 e. The average Bonchev–Trinajstić information content (AvgIpc) is 3.82. The molecule has 3 saturated heterocycles. The second-order valence-corrected chi connectivity index (χ2v) is 13.3. The van der Waals surface area contributed by atoms with Gasteiger partial charge in [-0.1, -0.05) is 36.5 Å². The Hall–Kier alpha value is -4.35. The first kappa shape index (κ1) is 23.2. The molecule has 12 unspecified atom stereocenters. The first-order valence-corrected chi connectivity index (χ1v) is 14.8. The van der Waals surface area contributed by atoms with Crippen molar-refractivity contribution in [3.63, 3.8) is 0 Å². The smallest absolute Gasteiger partial charge is 0.245 e. The maximum absolute atomic E-state index is 13.7. The highest BCUT2D eigenvalue weighted by molar-refractivity contribution is 6.25. The molecule has 12 heteroatoms. The molecule has 1 aromatic rings. The third kappa shape index (κ3) is 2.51. The van der Waals surface area contributed by atoms with Crippen molar-refractivity contribution in [1.82, 2.24) is 15.0 Å². The molecule has 6 amide bonds. The van der Waals surface area contributed by atoms with Crippen molar-refractivity contribution in [2.75, 3.05) is 14.7 Å². The first-order chi connectivity index (χ1) is 20.3. The van der Waals surface area contributed by atoms with Crippen molar-refractivity contribution < 1.29 is 28.8 Å². The van der Waals surface area contributed by atoms with E-state index in [1.807, 2.05) is 36.5 Å². The van der Waals surface area contributed by atoms with Crippen LogP contribution >= 0.6 is 0 Å². The fraction of sp³-hybridized carbons (Fsp3) is 0.500. The van der Waals surface area contributed by atoms with Crippen LogP contribution in [-0.4, -0.2) is 50.4 Å². The second kappa shape index (κ2) is 7.34. The van der Waals surface area contributed by atoms with Gasteiger partial charge in [-0.3, -0.25) is 28.8 Å². The predicted octanol–water partition coefficient (Wildman–Crippen LogP) is 0.806. The lowest BCUT2D eigenvalue weighted by Crippen LogP contribution is -2.40. The number of imide groups is 3. The van der Waals surface area contributed by atoms with Gasteiger partial charge in [0.1, 0.15) is 0 Å². The van der Waals surface area contributed by atoms with Crippen LogP contribution in [0.2, 0.25) is 0 Å². The van der Waals surface area contributed by atoms with Gasteiger partial charge in [0.05, 0.1) is 35.5 Å². The largest absolute Gasteiger partial charge is 0.274 e. The molecule has 3 saturated carbocycles. The van der Waals surface area contributed by atoms with Gasteiger partial charge in [0.25, 0.3) is 0 Å². The lowest BCUT2D eigenvalue weighted by Gasteiger charge is -2.22. The van der Waals surface area contributed by atoms with Crippen LogP contribution in [0.25, 0.3) is 0 Å². The quantitative estimate of drug-likeness (QED) is 0.384. The number of hydrogen-bond acceptors (Lipinski definition) is 9. The molecule has 0 spiro atoms. The van der Waals surface area contributed by atoms with E-state index >= 15 is 0 Å². The minimum absolute atomic E-state index is 0.0598. The zero-order valence-electron chi connectivity index (χ0n) is 22.1. The molecule has 12 atom stereocenters. The van der Waals surface area contributed by atoms with Gasteiger partial charge in [-0.05, 0) is 54.8 Å². The number of amides is 6. The van der Waals surface area contributed by atoms with Gasteiger partial charge >= 0.3 is 0 Å². The molecule has 3 aliphatic heterocycles. The summed E-state index contributed by atoms with van der Waals surface area (Å²) in [4.78, 5) is 97.9. The molecule has 0 radical (unpaired) electrons. The Morgan fingerprint density at radius 1 is 0.381 bits per heavy atom. The number of rotatable bonds is 3. The van der Waals surface area contributed by atoms with Crippen molar-refractivity contribution in [3.8, 4) is 0 Å². The molecular formula is C30H24N6O6. The van der Waals surface area contributed by atoms with Gasteiger partial charge in [-0.25, -0.2) is 14.7 Å². The maximum atomic E-state index is 13.7. The molecule has 1 aromatic heterocycles. The zero-order valence-corrected chi connectivity index (χ0v) is 22.1. The Kier molecular flexibility index (Phi) is 4.06. The second-order valence-electron chi connectivity index (χ2n) is 13.3. The number of anilines is 3. The van der Waals surface area contributed by atoms with E-state index in [1.165, 1.54) is 0 Å². The van der Waals surface area contributed by atoms with E-state index in [1.54, 1.807) is 0 Å². The van der Waals surface area contributed by atoms with Gasteiger partial charge in [-0.2, -0.15) is 15.0 Å². The minimum atomic E-state index is -0.539. The third-order valence-electron chi connectivity index (χ3n) is 11.6. The van der Waals surface area contributed by atoms with Crippen LogP contribution in [0.15, 0.2) is 36.5 Å². The summed E-state index contributed by atoms with van der Waals surface area (Å²) in [6.07, 6.45) is 14.0. The van der Waals surface area contributed by atoms with Gasteiger partial charge in [0, 0.05) is 0 Å². The summed E-state index contributed by atoms with van der Waals surface area (Å²) >= 11 is 0. The molecule has 6 fully saturated rings.